The van der Waals surface area contributed by atoms with Crippen LogP contribution in [0.15, 0.2) is 16.0 Å². The first kappa shape index (κ1) is 15.0. The third-order valence-corrected chi connectivity index (χ3v) is 3.71. The minimum Gasteiger partial charge on any atom is -0.469 e. The van der Waals surface area contributed by atoms with Crippen LogP contribution in [-0.2, 0) is 25.4 Å². The Bertz CT molecular complexity index is 513. The molecule has 2 heterocycles. The molecular formula is C12H16N2O5S. The van der Waals surface area contributed by atoms with Gasteiger partial charge in [-0.15, -0.1) is 0 Å². The van der Waals surface area contributed by atoms with Gasteiger partial charge in [-0.2, -0.15) is 0 Å². The molecule has 0 unspecified atom stereocenters. The van der Waals surface area contributed by atoms with E-state index in [2.05, 4.69) is 14.7 Å². The van der Waals surface area contributed by atoms with Crippen LogP contribution in [0.4, 0.5) is 0 Å². The van der Waals surface area contributed by atoms with Crippen LogP contribution in [-0.4, -0.2) is 48.3 Å². The van der Waals surface area contributed by atoms with Crippen LogP contribution in [0.5, 0.6) is 0 Å². The second-order valence-corrected chi connectivity index (χ2v) is 5.22. The van der Waals surface area contributed by atoms with Crippen molar-refractivity contribution in [1.82, 2.24) is 9.97 Å². The van der Waals surface area contributed by atoms with Gasteiger partial charge >= 0.3 is 5.97 Å². The fourth-order valence-electron chi connectivity index (χ4n) is 1.67. The molecule has 0 saturated carbocycles. The lowest BCUT2D eigenvalue weighted by Gasteiger charge is -2.21. The number of aromatic nitrogens is 2. The van der Waals surface area contributed by atoms with Gasteiger partial charge in [0.15, 0.2) is 5.16 Å². The highest BCUT2D eigenvalue weighted by Crippen LogP contribution is 2.18. The molecule has 8 heteroatoms. The molecule has 7 nitrogen and oxygen atoms in total. The van der Waals surface area contributed by atoms with Gasteiger partial charge in [0.05, 0.1) is 31.9 Å². The number of methoxy groups -OCH3 is 1. The molecule has 20 heavy (non-hydrogen) atoms. The summed E-state index contributed by atoms with van der Waals surface area (Å²) < 4.78 is 15.1. The first-order valence-electron chi connectivity index (χ1n) is 6.16. The van der Waals surface area contributed by atoms with Crippen molar-refractivity contribution in [3.8, 4) is 0 Å². The third kappa shape index (κ3) is 4.62. The number of rotatable bonds is 5. The molecule has 0 spiro atoms. The van der Waals surface area contributed by atoms with Gasteiger partial charge in [0.1, 0.15) is 6.79 Å². The topological polar surface area (TPSA) is 90.5 Å². The first-order chi connectivity index (χ1) is 9.67. The van der Waals surface area contributed by atoms with Crippen molar-refractivity contribution >= 4 is 17.7 Å². The Labute approximate surface area is 120 Å². The molecule has 1 aliphatic rings. The molecule has 1 aliphatic heterocycles. The van der Waals surface area contributed by atoms with Crippen molar-refractivity contribution in [2.24, 2.45) is 0 Å². The van der Waals surface area contributed by atoms with Crippen molar-refractivity contribution in [3.05, 3.63) is 22.1 Å². The van der Waals surface area contributed by atoms with E-state index in [1.165, 1.54) is 24.9 Å². The SMILES string of the molecule is COC(=O)Cc1cc(=O)[nH]c(SC[C@@H]2CCOCO2)n1. The molecule has 0 amide bonds. The van der Waals surface area contributed by atoms with Gasteiger partial charge in [0, 0.05) is 11.8 Å². The molecule has 0 bridgehead atoms. The van der Waals surface area contributed by atoms with Crippen LogP contribution in [0.25, 0.3) is 0 Å². The summed E-state index contributed by atoms with van der Waals surface area (Å²) in [5.74, 6) is 0.250. The maximum atomic E-state index is 11.5. The van der Waals surface area contributed by atoms with Gasteiger partial charge in [0.2, 0.25) is 0 Å². The van der Waals surface area contributed by atoms with E-state index in [-0.39, 0.29) is 18.1 Å². The largest absolute Gasteiger partial charge is 0.469 e. The lowest BCUT2D eigenvalue weighted by atomic mass is 10.3. The number of nitrogens with one attached hydrogen (secondary N) is 1. The van der Waals surface area contributed by atoms with E-state index in [9.17, 15) is 9.59 Å². The van der Waals surface area contributed by atoms with Crippen LogP contribution in [0.3, 0.4) is 0 Å². The molecule has 1 N–H and O–H groups in total. The van der Waals surface area contributed by atoms with Crippen LogP contribution >= 0.6 is 11.8 Å². The number of hydrogen-bond donors (Lipinski definition) is 1. The molecule has 110 valence electrons. The van der Waals surface area contributed by atoms with Crippen LogP contribution in [0.1, 0.15) is 12.1 Å². The smallest absolute Gasteiger partial charge is 0.311 e. The maximum Gasteiger partial charge on any atom is 0.311 e. The Morgan fingerprint density at radius 2 is 2.50 bits per heavy atom. The van der Waals surface area contributed by atoms with Crippen molar-refractivity contribution in [3.63, 3.8) is 0 Å². The van der Waals surface area contributed by atoms with Gasteiger partial charge in [-0.25, -0.2) is 4.98 Å². The quantitative estimate of drug-likeness (QED) is 0.476. The van der Waals surface area contributed by atoms with Crippen LogP contribution < -0.4 is 5.56 Å². The summed E-state index contributed by atoms with van der Waals surface area (Å²) in [6.07, 6.45) is 0.893. The van der Waals surface area contributed by atoms with Gasteiger partial charge in [0.25, 0.3) is 5.56 Å². The van der Waals surface area contributed by atoms with E-state index >= 15 is 0 Å². The molecule has 0 aliphatic carbocycles. The molecule has 0 aromatic carbocycles. The van der Waals surface area contributed by atoms with E-state index in [0.29, 0.717) is 30.0 Å². The molecule has 1 aromatic rings. The number of ether oxygens (including phenoxy) is 3. The van der Waals surface area contributed by atoms with Crippen LogP contribution in [0.2, 0.25) is 0 Å². The van der Waals surface area contributed by atoms with Gasteiger partial charge in [-0.3, -0.25) is 9.59 Å². The summed E-state index contributed by atoms with van der Waals surface area (Å²) in [7, 11) is 1.30. The number of aromatic amines is 1. The molecule has 1 atom stereocenters. The Morgan fingerprint density at radius 1 is 1.65 bits per heavy atom. The standard InChI is InChI=1S/C12H16N2O5S/c1-17-11(16)5-8-4-10(15)14-12(13-8)20-6-9-2-3-18-7-19-9/h4,9H,2-3,5-7H2,1H3,(H,13,14,15)/t9-/m0/s1. The van der Waals surface area contributed by atoms with E-state index in [0.717, 1.165) is 6.42 Å². The monoisotopic (exact) mass is 300 g/mol. The summed E-state index contributed by atoms with van der Waals surface area (Å²) in [5.41, 5.74) is 0.116. The highest BCUT2D eigenvalue weighted by molar-refractivity contribution is 7.99. The molecule has 1 aromatic heterocycles. The highest BCUT2D eigenvalue weighted by atomic mass is 32.2. The van der Waals surface area contributed by atoms with Crippen molar-refractivity contribution in [2.75, 3.05) is 26.3 Å². The number of carbonyl (C=O) groups is 1. The minimum absolute atomic E-state index is 0.0122. The number of thioether (sulfide) groups is 1. The Balaban J connectivity index is 1.96. The molecule has 2 rings (SSSR count). The Hall–Kier alpha value is -1.38. The van der Waals surface area contributed by atoms with Crippen LogP contribution in [0, 0.1) is 0 Å². The number of H-pyrrole nitrogens is 1. The van der Waals surface area contributed by atoms with Crippen molar-refractivity contribution in [2.45, 2.75) is 24.1 Å². The van der Waals surface area contributed by atoms with E-state index < -0.39 is 5.97 Å². The predicted octanol–water partition coefficient (Wildman–Crippen LogP) is 0.340. The summed E-state index contributed by atoms with van der Waals surface area (Å²) in [6, 6.07) is 1.30. The van der Waals surface area contributed by atoms with Gasteiger partial charge < -0.3 is 19.2 Å². The highest BCUT2D eigenvalue weighted by Gasteiger charge is 2.15. The Kier molecular flexibility index (Phi) is 5.57. The predicted molar refractivity (Wildman–Crippen MR) is 71.6 cm³/mol. The van der Waals surface area contributed by atoms with E-state index in [4.69, 9.17) is 9.47 Å². The lowest BCUT2D eigenvalue weighted by Crippen LogP contribution is -2.26. The average Bonchev–Trinajstić information content (AvgIpc) is 2.45. The fourth-order valence-corrected chi connectivity index (χ4v) is 2.63. The second-order valence-electron chi connectivity index (χ2n) is 4.21. The molecular weight excluding hydrogens is 284 g/mol. The minimum atomic E-state index is -0.424. The molecule has 0 radical (unpaired) electrons. The maximum absolute atomic E-state index is 11.5. The second kappa shape index (κ2) is 7.41. The third-order valence-electron chi connectivity index (χ3n) is 2.70. The van der Waals surface area contributed by atoms with Gasteiger partial charge in [-0.1, -0.05) is 11.8 Å². The average molecular weight is 300 g/mol. The van der Waals surface area contributed by atoms with Crippen molar-refractivity contribution in [1.29, 1.82) is 0 Å². The number of carbonyl (C=O) groups excluding carboxylic acids is 1. The number of hydrogen-bond acceptors (Lipinski definition) is 7. The van der Waals surface area contributed by atoms with E-state index in [1.54, 1.807) is 0 Å². The summed E-state index contributed by atoms with van der Waals surface area (Å²) in [4.78, 5) is 29.6. The normalized spacial score (nSPS) is 18.8. The summed E-state index contributed by atoms with van der Waals surface area (Å²) in [6.45, 7) is 0.981. The molecule has 1 saturated heterocycles. The van der Waals surface area contributed by atoms with E-state index in [1.807, 2.05) is 0 Å². The fraction of sp³-hybridized carbons (Fsp3) is 0.583. The summed E-state index contributed by atoms with van der Waals surface area (Å²) >= 11 is 1.39. The van der Waals surface area contributed by atoms with Crippen molar-refractivity contribution < 1.29 is 19.0 Å². The Morgan fingerprint density at radius 3 is 3.20 bits per heavy atom. The zero-order valence-electron chi connectivity index (χ0n) is 11.1. The number of esters is 1. The number of nitrogens with zero attached hydrogens (tertiary/aromatic N) is 1. The first-order valence-corrected chi connectivity index (χ1v) is 7.15. The summed E-state index contributed by atoms with van der Waals surface area (Å²) in [5, 5.41) is 0.478. The lowest BCUT2D eigenvalue weighted by molar-refractivity contribution is -0.139. The van der Waals surface area contributed by atoms with Gasteiger partial charge in [-0.05, 0) is 6.42 Å². The molecule has 1 fully saturated rings. The zero-order valence-corrected chi connectivity index (χ0v) is 11.9. The zero-order chi connectivity index (χ0) is 14.4.